The van der Waals surface area contributed by atoms with E-state index in [0.717, 1.165) is 22.0 Å². The first-order valence-electron chi connectivity index (χ1n) is 8.76. The molecule has 0 aliphatic rings. The predicted molar refractivity (Wildman–Crippen MR) is 110 cm³/mol. The van der Waals surface area contributed by atoms with Crippen molar-refractivity contribution in [2.24, 2.45) is 5.41 Å². The average Bonchev–Trinajstić information content (AvgIpc) is 2.67. The van der Waals surface area contributed by atoms with Gasteiger partial charge in [0.05, 0.1) is 22.8 Å². The van der Waals surface area contributed by atoms with Crippen molar-refractivity contribution < 1.29 is 4.79 Å². The van der Waals surface area contributed by atoms with Gasteiger partial charge < -0.3 is 5.32 Å². The first kappa shape index (κ1) is 18.3. The lowest BCUT2D eigenvalue weighted by atomic mass is 9.95. The quantitative estimate of drug-likeness (QED) is 0.652. The van der Waals surface area contributed by atoms with Crippen LogP contribution in [-0.2, 0) is 4.79 Å². The summed E-state index contributed by atoms with van der Waals surface area (Å²) in [7, 11) is 0. The van der Waals surface area contributed by atoms with Gasteiger partial charge in [0.25, 0.3) is 0 Å². The highest BCUT2D eigenvalue weighted by Gasteiger charge is 2.22. The van der Waals surface area contributed by atoms with Crippen molar-refractivity contribution in [2.45, 2.75) is 20.8 Å². The number of nitriles is 1. The molecule has 0 saturated heterocycles. The van der Waals surface area contributed by atoms with Crippen LogP contribution < -0.4 is 5.32 Å². The summed E-state index contributed by atoms with van der Waals surface area (Å²) in [6, 6.07) is 17.3. The molecule has 0 unspecified atom stereocenters. The first-order chi connectivity index (χ1) is 12.9. The summed E-state index contributed by atoms with van der Waals surface area (Å²) in [4.78, 5) is 16.8. The zero-order valence-corrected chi connectivity index (χ0v) is 15.7. The van der Waals surface area contributed by atoms with Crippen molar-refractivity contribution in [3.63, 3.8) is 0 Å². The minimum Gasteiger partial charge on any atom is -0.324 e. The molecule has 0 bridgehead atoms. The third-order valence-electron chi connectivity index (χ3n) is 4.23. The van der Waals surface area contributed by atoms with E-state index in [1.165, 1.54) is 0 Å². The largest absolute Gasteiger partial charge is 0.324 e. The second-order valence-electron chi connectivity index (χ2n) is 7.37. The molecule has 1 aromatic heterocycles. The topological polar surface area (TPSA) is 65.8 Å². The number of anilines is 1. The lowest BCUT2D eigenvalue weighted by Gasteiger charge is -2.18. The van der Waals surface area contributed by atoms with Crippen molar-refractivity contribution in [1.29, 1.82) is 5.26 Å². The molecule has 0 atom stereocenters. The highest BCUT2D eigenvalue weighted by molar-refractivity contribution is 6.04. The Morgan fingerprint density at radius 2 is 1.81 bits per heavy atom. The number of nitrogens with zero attached hydrogens (tertiary/aromatic N) is 2. The average molecular weight is 355 g/mol. The Morgan fingerprint density at radius 1 is 1.07 bits per heavy atom. The molecule has 0 saturated carbocycles. The lowest BCUT2D eigenvalue weighted by molar-refractivity contribution is -0.123. The summed E-state index contributed by atoms with van der Waals surface area (Å²) in [5, 5.41) is 12.8. The van der Waals surface area contributed by atoms with Crippen molar-refractivity contribution in [1.82, 2.24) is 4.98 Å². The maximum atomic E-state index is 12.3. The smallest absolute Gasteiger partial charge is 0.229 e. The molecule has 0 radical (unpaired) electrons. The molecule has 0 spiro atoms. The van der Waals surface area contributed by atoms with E-state index in [4.69, 9.17) is 5.26 Å². The molecule has 0 aliphatic heterocycles. The molecule has 0 fully saturated rings. The third-order valence-corrected chi connectivity index (χ3v) is 4.23. The number of rotatable bonds is 3. The number of carbonyl (C=O) groups is 1. The van der Waals surface area contributed by atoms with Gasteiger partial charge in [-0.15, -0.1) is 0 Å². The summed E-state index contributed by atoms with van der Waals surface area (Å²) >= 11 is 0. The number of carbonyl (C=O) groups excluding carboxylic acids is 1. The van der Waals surface area contributed by atoms with Gasteiger partial charge in [0.2, 0.25) is 5.91 Å². The molecule has 1 heterocycles. The maximum Gasteiger partial charge on any atom is 0.229 e. The monoisotopic (exact) mass is 355 g/mol. The van der Waals surface area contributed by atoms with Crippen molar-refractivity contribution >= 4 is 34.6 Å². The van der Waals surface area contributed by atoms with Gasteiger partial charge >= 0.3 is 0 Å². The van der Waals surface area contributed by atoms with Crippen LogP contribution in [0.15, 0.2) is 54.7 Å². The molecule has 1 N–H and O–H groups in total. The zero-order valence-electron chi connectivity index (χ0n) is 15.7. The molecule has 134 valence electrons. The normalized spacial score (nSPS) is 11.5. The van der Waals surface area contributed by atoms with Crippen LogP contribution in [0.3, 0.4) is 0 Å². The Balaban J connectivity index is 1.96. The van der Waals surface area contributed by atoms with E-state index in [9.17, 15) is 4.79 Å². The molecule has 4 nitrogen and oxygen atoms in total. The number of aromatic nitrogens is 1. The zero-order chi connectivity index (χ0) is 19.4. The maximum absolute atomic E-state index is 12.3. The Labute approximate surface area is 159 Å². The van der Waals surface area contributed by atoms with Crippen LogP contribution in [0, 0.1) is 16.7 Å². The van der Waals surface area contributed by atoms with E-state index in [1.807, 2.05) is 69.3 Å². The minimum atomic E-state index is -0.477. The van der Waals surface area contributed by atoms with Crippen LogP contribution >= 0.6 is 0 Å². The van der Waals surface area contributed by atoms with Crippen LogP contribution in [0.1, 0.15) is 37.5 Å². The molecule has 2 aromatic carbocycles. The van der Waals surface area contributed by atoms with E-state index in [1.54, 1.807) is 18.3 Å². The van der Waals surface area contributed by atoms with E-state index in [2.05, 4.69) is 16.4 Å². The van der Waals surface area contributed by atoms with Gasteiger partial charge in [0.15, 0.2) is 0 Å². The summed E-state index contributed by atoms with van der Waals surface area (Å²) in [5.74, 6) is -0.0460. The third kappa shape index (κ3) is 4.21. The number of pyridine rings is 1. The van der Waals surface area contributed by atoms with Crippen LogP contribution in [0.5, 0.6) is 0 Å². The Hall–Kier alpha value is -3.45. The van der Waals surface area contributed by atoms with Crippen molar-refractivity contribution in [3.05, 3.63) is 71.4 Å². The number of fused-ring (bicyclic) bond motifs is 1. The van der Waals surface area contributed by atoms with Gasteiger partial charge in [-0.05, 0) is 35.4 Å². The van der Waals surface area contributed by atoms with Crippen molar-refractivity contribution in [3.8, 4) is 6.07 Å². The minimum absolute atomic E-state index is 0.0460. The van der Waals surface area contributed by atoms with Gasteiger partial charge in [-0.2, -0.15) is 5.26 Å². The van der Waals surface area contributed by atoms with Crippen LogP contribution in [0.25, 0.3) is 23.1 Å². The molecular formula is C23H21N3O. The summed E-state index contributed by atoms with van der Waals surface area (Å²) in [5.41, 5.74) is 3.65. The second kappa shape index (κ2) is 7.43. The Morgan fingerprint density at radius 3 is 2.48 bits per heavy atom. The molecule has 27 heavy (non-hydrogen) atoms. The van der Waals surface area contributed by atoms with Gasteiger partial charge in [0, 0.05) is 17.0 Å². The lowest BCUT2D eigenvalue weighted by Crippen LogP contribution is -2.27. The van der Waals surface area contributed by atoms with Crippen LogP contribution in [-0.4, -0.2) is 10.9 Å². The SMILES string of the molecule is CC(C)(C)C(=O)Nc1ccc(C=Cc2ccc(C#N)cc2)c2cccnc12. The van der Waals surface area contributed by atoms with Crippen LogP contribution in [0.2, 0.25) is 0 Å². The molecular weight excluding hydrogens is 334 g/mol. The second-order valence-corrected chi connectivity index (χ2v) is 7.37. The highest BCUT2D eigenvalue weighted by atomic mass is 16.2. The Bertz CT molecular complexity index is 1050. The van der Waals surface area contributed by atoms with Gasteiger partial charge in [-0.3, -0.25) is 9.78 Å². The van der Waals surface area contributed by atoms with E-state index in [-0.39, 0.29) is 5.91 Å². The van der Waals surface area contributed by atoms with E-state index >= 15 is 0 Å². The predicted octanol–water partition coefficient (Wildman–Crippen LogP) is 5.26. The van der Waals surface area contributed by atoms with Crippen molar-refractivity contribution in [2.75, 3.05) is 5.32 Å². The fourth-order valence-corrected chi connectivity index (χ4v) is 2.61. The number of hydrogen-bond acceptors (Lipinski definition) is 3. The molecule has 0 aliphatic carbocycles. The summed E-state index contributed by atoms with van der Waals surface area (Å²) < 4.78 is 0. The number of nitrogens with one attached hydrogen (secondary N) is 1. The first-order valence-corrected chi connectivity index (χ1v) is 8.76. The van der Waals surface area contributed by atoms with Gasteiger partial charge in [0.1, 0.15) is 0 Å². The number of amides is 1. The standard InChI is InChI=1S/C23H21N3O/c1-23(2,3)22(27)26-20-13-12-18(19-5-4-14-25-21(19)20)11-10-16-6-8-17(15-24)9-7-16/h4-14H,1-3H3,(H,26,27). The molecule has 3 rings (SSSR count). The number of benzene rings is 2. The van der Waals surface area contributed by atoms with Gasteiger partial charge in [-0.25, -0.2) is 0 Å². The van der Waals surface area contributed by atoms with E-state index < -0.39 is 5.41 Å². The van der Waals surface area contributed by atoms with Crippen LogP contribution in [0.4, 0.5) is 5.69 Å². The summed E-state index contributed by atoms with van der Waals surface area (Å²) in [6.45, 7) is 5.64. The molecule has 4 heteroatoms. The number of hydrogen-bond donors (Lipinski definition) is 1. The highest BCUT2D eigenvalue weighted by Crippen LogP contribution is 2.28. The fraction of sp³-hybridized carbons (Fsp3) is 0.174. The van der Waals surface area contributed by atoms with E-state index in [0.29, 0.717) is 11.3 Å². The Kier molecular flexibility index (Phi) is 5.05. The summed E-state index contributed by atoms with van der Waals surface area (Å²) in [6.07, 6.45) is 5.74. The molecule has 3 aromatic rings. The molecule has 1 amide bonds. The fourth-order valence-electron chi connectivity index (χ4n) is 2.61. The van der Waals surface area contributed by atoms with Gasteiger partial charge in [-0.1, -0.05) is 57.2 Å².